The van der Waals surface area contributed by atoms with Gasteiger partial charge in [-0.1, -0.05) is 22.9 Å². The largest absolute Gasteiger partial charge is 0.476 e. The first-order chi connectivity index (χ1) is 6.19. The number of carboxylic acid groups (broad SMARTS) is 1. The Balaban J connectivity index is 3.11. The fourth-order valence-corrected chi connectivity index (χ4v) is 2.23. The van der Waals surface area contributed by atoms with Crippen molar-refractivity contribution in [2.45, 2.75) is 13.3 Å². The van der Waals surface area contributed by atoms with Crippen molar-refractivity contribution in [2.24, 2.45) is 0 Å². The molecule has 0 saturated carbocycles. The predicted octanol–water partition coefficient (Wildman–Crippen LogP) is 2.77. The summed E-state index contributed by atoms with van der Waals surface area (Å²) in [6, 6.07) is 0. The number of hydrogen-bond acceptors (Lipinski definition) is 3. The van der Waals surface area contributed by atoms with Crippen LogP contribution in [0.25, 0.3) is 6.08 Å². The van der Waals surface area contributed by atoms with E-state index in [4.69, 9.17) is 5.11 Å². The van der Waals surface area contributed by atoms with Crippen molar-refractivity contribution < 1.29 is 9.90 Å². The molecule has 0 aliphatic carbocycles. The van der Waals surface area contributed by atoms with Crippen LogP contribution >= 0.6 is 27.3 Å². The second-order valence-electron chi connectivity index (χ2n) is 2.28. The molecule has 1 rings (SSSR count). The van der Waals surface area contributed by atoms with E-state index in [-0.39, 0.29) is 5.69 Å². The molecule has 70 valence electrons. The van der Waals surface area contributed by atoms with Crippen LogP contribution in [-0.4, -0.2) is 16.1 Å². The number of thiazole rings is 1. The molecule has 0 amide bonds. The molecular weight excluding hydrogens is 254 g/mol. The first kappa shape index (κ1) is 10.4. The number of aromatic nitrogens is 1. The third-order valence-corrected chi connectivity index (χ3v) is 2.87. The summed E-state index contributed by atoms with van der Waals surface area (Å²) in [5.74, 6) is -0.956. The van der Waals surface area contributed by atoms with Gasteiger partial charge in [-0.3, -0.25) is 0 Å². The van der Waals surface area contributed by atoms with E-state index in [9.17, 15) is 4.79 Å². The van der Waals surface area contributed by atoms with Crippen LogP contribution in [0.2, 0.25) is 0 Å². The number of rotatable bonds is 3. The zero-order valence-electron chi connectivity index (χ0n) is 6.95. The molecule has 0 atom stereocenters. The van der Waals surface area contributed by atoms with E-state index in [0.29, 0.717) is 11.4 Å². The fourth-order valence-electron chi connectivity index (χ4n) is 0.902. The lowest BCUT2D eigenvalue weighted by Gasteiger charge is -1.89. The van der Waals surface area contributed by atoms with Crippen molar-refractivity contribution in [3.05, 3.63) is 20.6 Å². The first-order valence-electron chi connectivity index (χ1n) is 3.68. The summed E-state index contributed by atoms with van der Waals surface area (Å²) in [7, 11) is 0. The number of carboxylic acids is 1. The van der Waals surface area contributed by atoms with E-state index in [1.54, 1.807) is 11.1 Å². The van der Waals surface area contributed by atoms with Crippen molar-refractivity contribution in [1.29, 1.82) is 0 Å². The maximum atomic E-state index is 10.7. The summed E-state index contributed by atoms with van der Waals surface area (Å²) in [4.78, 5) is 17.2. The Morgan fingerprint density at radius 2 is 2.46 bits per heavy atom. The van der Waals surface area contributed by atoms with Gasteiger partial charge >= 0.3 is 5.97 Å². The highest BCUT2D eigenvalue weighted by atomic mass is 79.9. The molecule has 1 N–H and O–H groups in total. The highest BCUT2D eigenvalue weighted by Crippen LogP contribution is 2.20. The van der Waals surface area contributed by atoms with Crippen molar-refractivity contribution in [3.63, 3.8) is 0 Å². The summed E-state index contributed by atoms with van der Waals surface area (Å²) in [6.45, 7) is 1.92. The number of nitrogens with zero attached hydrogens (tertiary/aromatic N) is 1. The molecule has 0 fully saturated rings. The van der Waals surface area contributed by atoms with Gasteiger partial charge in [-0.15, -0.1) is 11.3 Å². The maximum absolute atomic E-state index is 10.7. The second-order valence-corrected chi connectivity index (χ2v) is 3.92. The Bertz CT molecular complexity index is 346. The van der Waals surface area contributed by atoms with E-state index in [1.807, 2.05) is 6.92 Å². The number of hydrogen-bond donors (Lipinski definition) is 1. The highest BCUT2D eigenvalue weighted by Gasteiger charge is 2.14. The Morgan fingerprint density at radius 1 is 1.77 bits per heavy atom. The molecule has 0 aliphatic rings. The minimum Gasteiger partial charge on any atom is -0.476 e. The molecule has 0 saturated heterocycles. The van der Waals surface area contributed by atoms with Gasteiger partial charge in [0.1, 0.15) is 5.01 Å². The number of aromatic carboxylic acids is 1. The lowest BCUT2D eigenvalue weighted by Crippen LogP contribution is -1.99. The summed E-state index contributed by atoms with van der Waals surface area (Å²) >= 11 is 4.52. The molecule has 0 aromatic carbocycles. The molecule has 0 bridgehead atoms. The van der Waals surface area contributed by atoms with Crippen LogP contribution in [0, 0.1) is 0 Å². The minimum atomic E-state index is -0.956. The van der Waals surface area contributed by atoms with E-state index >= 15 is 0 Å². The van der Waals surface area contributed by atoms with Gasteiger partial charge in [0.25, 0.3) is 0 Å². The molecule has 13 heavy (non-hydrogen) atoms. The zero-order valence-corrected chi connectivity index (χ0v) is 9.35. The van der Waals surface area contributed by atoms with Gasteiger partial charge in [0, 0.05) is 4.88 Å². The number of aryl methyl sites for hydroxylation is 1. The van der Waals surface area contributed by atoms with Crippen LogP contribution in [0.15, 0.2) is 4.99 Å². The second kappa shape index (κ2) is 4.53. The summed E-state index contributed by atoms with van der Waals surface area (Å²) in [5, 5.41) is 9.50. The molecule has 0 unspecified atom stereocenters. The molecule has 0 spiro atoms. The van der Waals surface area contributed by atoms with Crippen LogP contribution < -0.4 is 0 Å². The van der Waals surface area contributed by atoms with Gasteiger partial charge in [0.15, 0.2) is 5.69 Å². The van der Waals surface area contributed by atoms with Crippen molar-refractivity contribution in [2.75, 3.05) is 0 Å². The molecule has 0 radical (unpaired) electrons. The zero-order chi connectivity index (χ0) is 9.84. The third kappa shape index (κ3) is 2.38. The SMILES string of the molecule is CCc1sc(C=CBr)nc1C(=O)O. The van der Waals surface area contributed by atoms with E-state index in [2.05, 4.69) is 20.9 Å². The third-order valence-electron chi connectivity index (χ3n) is 1.44. The lowest BCUT2D eigenvalue weighted by molar-refractivity contribution is 0.0690. The summed E-state index contributed by atoms with van der Waals surface area (Å²) < 4.78 is 0. The van der Waals surface area contributed by atoms with Crippen LogP contribution in [0.1, 0.15) is 27.3 Å². The molecule has 3 nitrogen and oxygen atoms in total. The molecule has 1 aromatic heterocycles. The maximum Gasteiger partial charge on any atom is 0.355 e. The van der Waals surface area contributed by atoms with Crippen LogP contribution in [0.5, 0.6) is 0 Å². The quantitative estimate of drug-likeness (QED) is 0.911. The molecular formula is C8H8BrNO2S. The van der Waals surface area contributed by atoms with Gasteiger partial charge in [-0.2, -0.15) is 0 Å². The highest BCUT2D eigenvalue weighted by molar-refractivity contribution is 9.11. The monoisotopic (exact) mass is 261 g/mol. The number of halogens is 1. The molecule has 5 heteroatoms. The van der Waals surface area contributed by atoms with Gasteiger partial charge in [-0.05, 0) is 17.5 Å². The minimum absolute atomic E-state index is 0.174. The Labute approximate surface area is 88.2 Å². The normalized spacial score (nSPS) is 10.9. The molecule has 0 aliphatic heterocycles. The lowest BCUT2D eigenvalue weighted by atomic mass is 10.3. The van der Waals surface area contributed by atoms with Gasteiger partial charge in [0.2, 0.25) is 0 Å². The van der Waals surface area contributed by atoms with Crippen LogP contribution in [-0.2, 0) is 6.42 Å². The van der Waals surface area contributed by atoms with Crippen molar-refractivity contribution >= 4 is 39.3 Å². The van der Waals surface area contributed by atoms with Crippen LogP contribution in [0.4, 0.5) is 0 Å². The summed E-state index contributed by atoms with van der Waals surface area (Å²) in [6.07, 6.45) is 2.44. The van der Waals surface area contributed by atoms with Crippen molar-refractivity contribution in [3.8, 4) is 0 Å². The van der Waals surface area contributed by atoms with E-state index in [1.165, 1.54) is 11.3 Å². The average Bonchev–Trinajstić information content (AvgIpc) is 2.48. The van der Waals surface area contributed by atoms with Crippen LogP contribution in [0.3, 0.4) is 0 Å². The average molecular weight is 262 g/mol. The first-order valence-corrected chi connectivity index (χ1v) is 5.42. The Kier molecular flexibility index (Phi) is 3.62. The molecule has 1 heterocycles. The molecule has 1 aromatic rings. The van der Waals surface area contributed by atoms with Gasteiger partial charge in [0.05, 0.1) is 0 Å². The van der Waals surface area contributed by atoms with Crippen molar-refractivity contribution in [1.82, 2.24) is 4.98 Å². The van der Waals surface area contributed by atoms with Gasteiger partial charge in [-0.25, -0.2) is 9.78 Å². The predicted molar refractivity (Wildman–Crippen MR) is 56.4 cm³/mol. The smallest absolute Gasteiger partial charge is 0.355 e. The van der Waals surface area contributed by atoms with Gasteiger partial charge < -0.3 is 5.11 Å². The summed E-state index contributed by atoms with van der Waals surface area (Å²) in [5.41, 5.74) is 0.174. The Morgan fingerprint density at radius 3 is 2.85 bits per heavy atom. The Hall–Kier alpha value is -0.680. The standard InChI is InChI=1S/C8H8BrNO2S/c1-2-5-7(8(11)12)10-6(13-5)3-4-9/h3-4H,2H2,1H3,(H,11,12). The van der Waals surface area contributed by atoms with E-state index in [0.717, 1.165) is 4.88 Å². The topological polar surface area (TPSA) is 50.2 Å². The number of carbonyl (C=O) groups is 1. The van der Waals surface area contributed by atoms with E-state index < -0.39 is 5.97 Å². The fraction of sp³-hybridized carbons (Fsp3) is 0.250.